The molecule has 1 aromatic carbocycles. The van der Waals surface area contributed by atoms with E-state index in [1.165, 1.54) is 12.1 Å². The predicted molar refractivity (Wildman–Crippen MR) is 81.1 cm³/mol. The Morgan fingerprint density at radius 1 is 1.24 bits per heavy atom. The molecule has 3 N–H and O–H groups in total. The van der Waals surface area contributed by atoms with Crippen LogP contribution in [0.4, 0.5) is 14.5 Å². The number of carbonyl (C=O) groups is 1. The zero-order valence-electron chi connectivity index (χ0n) is 11.7. The molecule has 0 atom stereocenters. The summed E-state index contributed by atoms with van der Waals surface area (Å²) >= 11 is 0. The van der Waals surface area contributed by atoms with Crippen LogP contribution in [0.15, 0.2) is 24.3 Å². The molecule has 0 aliphatic rings. The number of alkyl halides is 2. The fraction of sp³-hybridized carbons (Fsp3) is 0.500. The molecule has 0 saturated heterocycles. The monoisotopic (exact) mass is 322 g/mol. The zero-order chi connectivity index (χ0) is 14.8. The maximum Gasteiger partial charge on any atom is 0.387 e. The molecule has 1 rings (SSSR count). The molecule has 0 aliphatic carbocycles. The lowest BCUT2D eigenvalue weighted by molar-refractivity contribution is -0.116. The number of ether oxygens (including phenoxy) is 1. The van der Waals surface area contributed by atoms with Crippen molar-refractivity contribution in [2.75, 3.05) is 11.9 Å². The minimum atomic E-state index is -2.87. The minimum Gasteiger partial charge on any atom is -0.435 e. The molecule has 0 saturated carbocycles. The first kappa shape index (κ1) is 19.6. The molecule has 21 heavy (non-hydrogen) atoms. The Hall–Kier alpha value is -1.40. The smallest absolute Gasteiger partial charge is 0.387 e. The first-order valence-corrected chi connectivity index (χ1v) is 6.66. The topological polar surface area (TPSA) is 64.4 Å². The van der Waals surface area contributed by atoms with E-state index >= 15 is 0 Å². The third-order valence-electron chi connectivity index (χ3n) is 2.70. The number of nitrogens with two attached hydrogens (primary N) is 1. The Labute approximate surface area is 129 Å². The van der Waals surface area contributed by atoms with Crippen molar-refractivity contribution in [2.45, 2.75) is 38.7 Å². The molecule has 0 aliphatic heterocycles. The van der Waals surface area contributed by atoms with Gasteiger partial charge in [-0.1, -0.05) is 18.9 Å². The average molecular weight is 323 g/mol. The number of hydrogen-bond acceptors (Lipinski definition) is 3. The van der Waals surface area contributed by atoms with Gasteiger partial charge in [-0.15, -0.1) is 12.4 Å². The molecule has 1 amide bonds. The van der Waals surface area contributed by atoms with E-state index in [0.717, 1.165) is 25.7 Å². The Bertz CT molecular complexity index is 420. The summed E-state index contributed by atoms with van der Waals surface area (Å²) in [5.41, 5.74) is 5.83. The number of amides is 1. The van der Waals surface area contributed by atoms with Crippen molar-refractivity contribution in [3.63, 3.8) is 0 Å². The molecular formula is C14H21ClF2N2O2. The van der Waals surface area contributed by atoms with E-state index in [-0.39, 0.29) is 24.1 Å². The van der Waals surface area contributed by atoms with Gasteiger partial charge in [0.25, 0.3) is 0 Å². The second kappa shape index (κ2) is 11.3. The summed E-state index contributed by atoms with van der Waals surface area (Å²) in [7, 11) is 0. The van der Waals surface area contributed by atoms with Crippen LogP contribution < -0.4 is 15.8 Å². The highest BCUT2D eigenvalue weighted by molar-refractivity contribution is 5.90. The van der Waals surface area contributed by atoms with Gasteiger partial charge in [0.2, 0.25) is 5.91 Å². The van der Waals surface area contributed by atoms with E-state index in [2.05, 4.69) is 10.1 Å². The number of benzene rings is 1. The molecule has 7 heteroatoms. The SMILES string of the molecule is Cl.NCCCCCCC(=O)Nc1cccc(OC(F)F)c1. The number of anilines is 1. The number of rotatable bonds is 9. The van der Waals surface area contributed by atoms with Crippen LogP contribution in [0.3, 0.4) is 0 Å². The van der Waals surface area contributed by atoms with Crippen LogP contribution in [0.2, 0.25) is 0 Å². The van der Waals surface area contributed by atoms with Crippen molar-refractivity contribution >= 4 is 24.0 Å². The van der Waals surface area contributed by atoms with Crippen LogP contribution in [-0.2, 0) is 4.79 Å². The second-order valence-electron chi connectivity index (χ2n) is 4.41. The van der Waals surface area contributed by atoms with Crippen LogP contribution in [0.5, 0.6) is 5.75 Å². The van der Waals surface area contributed by atoms with Crippen molar-refractivity contribution in [1.29, 1.82) is 0 Å². The molecule has 0 fully saturated rings. The summed E-state index contributed by atoms with van der Waals surface area (Å²) < 4.78 is 28.4. The van der Waals surface area contributed by atoms with Crippen LogP contribution >= 0.6 is 12.4 Å². The van der Waals surface area contributed by atoms with E-state index in [4.69, 9.17) is 5.73 Å². The Morgan fingerprint density at radius 3 is 2.62 bits per heavy atom. The lowest BCUT2D eigenvalue weighted by Crippen LogP contribution is -2.11. The van der Waals surface area contributed by atoms with Gasteiger partial charge in [0, 0.05) is 18.2 Å². The molecule has 0 aromatic heterocycles. The van der Waals surface area contributed by atoms with Crippen molar-refractivity contribution in [2.24, 2.45) is 5.73 Å². The van der Waals surface area contributed by atoms with Crippen molar-refractivity contribution < 1.29 is 18.3 Å². The van der Waals surface area contributed by atoms with E-state index in [0.29, 0.717) is 18.7 Å². The lowest BCUT2D eigenvalue weighted by Gasteiger charge is -2.08. The molecule has 1 aromatic rings. The molecule has 0 spiro atoms. The van der Waals surface area contributed by atoms with Gasteiger partial charge in [0.05, 0.1) is 0 Å². The fourth-order valence-electron chi connectivity index (χ4n) is 1.76. The second-order valence-corrected chi connectivity index (χ2v) is 4.41. The van der Waals surface area contributed by atoms with Crippen molar-refractivity contribution in [3.8, 4) is 5.75 Å². The van der Waals surface area contributed by atoms with Crippen LogP contribution in [0, 0.1) is 0 Å². The number of halogens is 3. The van der Waals surface area contributed by atoms with Crippen molar-refractivity contribution in [1.82, 2.24) is 0 Å². The van der Waals surface area contributed by atoms with Gasteiger partial charge in [-0.3, -0.25) is 4.79 Å². The normalized spacial score (nSPS) is 10.1. The van der Waals surface area contributed by atoms with E-state index < -0.39 is 6.61 Å². The van der Waals surface area contributed by atoms with Gasteiger partial charge in [-0.25, -0.2) is 0 Å². The Kier molecular flexibility index (Phi) is 10.5. The summed E-state index contributed by atoms with van der Waals surface area (Å²) in [5.74, 6) is -0.104. The lowest BCUT2D eigenvalue weighted by atomic mass is 10.1. The summed E-state index contributed by atoms with van der Waals surface area (Å²) in [4.78, 5) is 11.7. The van der Waals surface area contributed by atoms with Gasteiger partial charge in [0.1, 0.15) is 5.75 Å². The third kappa shape index (κ3) is 9.20. The maximum atomic E-state index is 12.1. The molecule has 0 bridgehead atoms. The van der Waals surface area contributed by atoms with Gasteiger partial charge >= 0.3 is 6.61 Å². The quantitative estimate of drug-likeness (QED) is 0.683. The van der Waals surface area contributed by atoms with Crippen LogP contribution in [-0.4, -0.2) is 19.1 Å². The third-order valence-corrected chi connectivity index (χ3v) is 2.70. The van der Waals surface area contributed by atoms with E-state index in [9.17, 15) is 13.6 Å². The number of nitrogens with one attached hydrogen (secondary N) is 1. The largest absolute Gasteiger partial charge is 0.435 e. The Balaban J connectivity index is 0.00000400. The highest BCUT2D eigenvalue weighted by atomic mass is 35.5. The first-order valence-electron chi connectivity index (χ1n) is 6.66. The molecule has 120 valence electrons. The summed E-state index contributed by atoms with van der Waals surface area (Å²) in [5, 5.41) is 2.66. The van der Waals surface area contributed by atoms with Crippen LogP contribution in [0.1, 0.15) is 32.1 Å². The highest BCUT2D eigenvalue weighted by Gasteiger charge is 2.06. The van der Waals surface area contributed by atoms with Gasteiger partial charge in [0.15, 0.2) is 0 Å². The fourth-order valence-corrected chi connectivity index (χ4v) is 1.76. The minimum absolute atomic E-state index is 0. The average Bonchev–Trinajstić information content (AvgIpc) is 2.38. The number of unbranched alkanes of at least 4 members (excludes halogenated alkanes) is 3. The number of hydrogen-bond donors (Lipinski definition) is 2. The molecular weight excluding hydrogens is 302 g/mol. The van der Waals surface area contributed by atoms with Gasteiger partial charge in [-0.05, 0) is 31.5 Å². The summed E-state index contributed by atoms with van der Waals surface area (Å²) in [6, 6.07) is 5.96. The molecule has 0 radical (unpaired) electrons. The maximum absolute atomic E-state index is 12.1. The highest BCUT2D eigenvalue weighted by Crippen LogP contribution is 2.19. The molecule has 0 heterocycles. The van der Waals surface area contributed by atoms with E-state index in [1.807, 2.05) is 0 Å². The van der Waals surface area contributed by atoms with E-state index in [1.54, 1.807) is 12.1 Å². The van der Waals surface area contributed by atoms with Crippen molar-refractivity contribution in [3.05, 3.63) is 24.3 Å². The standard InChI is InChI=1S/C14H20F2N2O2.ClH/c15-14(16)20-12-7-5-6-11(10-12)18-13(19)8-3-1-2-4-9-17;/h5-7,10,14H,1-4,8-9,17H2,(H,18,19);1H. The zero-order valence-corrected chi connectivity index (χ0v) is 12.5. The van der Waals surface area contributed by atoms with Crippen LogP contribution in [0.25, 0.3) is 0 Å². The van der Waals surface area contributed by atoms with Gasteiger partial charge < -0.3 is 15.8 Å². The van der Waals surface area contributed by atoms with Gasteiger partial charge in [-0.2, -0.15) is 8.78 Å². The summed E-state index contributed by atoms with van der Waals surface area (Å²) in [6.07, 6.45) is 4.14. The number of carbonyl (C=O) groups excluding carboxylic acids is 1. The molecule has 0 unspecified atom stereocenters. The molecule has 4 nitrogen and oxygen atoms in total. The first-order chi connectivity index (χ1) is 9.61. The summed E-state index contributed by atoms with van der Waals surface area (Å²) in [6.45, 7) is -2.20. The predicted octanol–water partition coefficient (Wildman–Crippen LogP) is 3.56. The Morgan fingerprint density at radius 2 is 1.95 bits per heavy atom.